The molecule has 0 radical (unpaired) electrons. The molecule has 3 heterocycles. The first kappa shape index (κ1) is 20.5. The third-order valence-corrected chi connectivity index (χ3v) is 5.60. The average Bonchev–Trinajstić information content (AvgIpc) is 2.76. The van der Waals surface area contributed by atoms with Crippen LogP contribution in [0.5, 0.6) is 5.75 Å². The van der Waals surface area contributed by atoms with Crippen molar-refractivity contribution in [2.24, 2.45) is 5.41 Å². The molecule has 7 nitrogen and oxygen atoms in total. The molecule has 1 aromatic carbocycles. The highest BCUT2D eigenvalue weighted by atomic mass is 19.1. The van der Waals surface area contributed by atoms with Gasteiger partial charge in [-0.15, -0.1) is 0 Å². The second-order valence-corrected chi connectivity index (χ2v) is 7.85. The van der Waals surface area contributed by atoms with E-state index in [1.54, 1.807) is 18.3 Å². The zero-order valence-electron chi connectivity index (χ0n) is 16.9. The van der Waals surface area contributed by atoms with E-state index in [0.717, 1.165) is 24.3 Å². The molecule has 0 unspecified atom stereocenters. The molecule has 0 aliphatic carbocycles. The number of methoxy groups -OCH3 is 1. The Hall–Kier alpha value is -2.73. The molecular weight excluding hydrogens is 387 g/mol. The molecule has 0 amide bonds. The van der Waals surface area contributed by atoms with Crippen LogP contribution in [0.25, 0.3) is 0 Å². The summed E-state index contributed by atoms with van der Waals surface area (Å²) in [5, 5.41) is 12.3. The zero-order chi connectivity index (χ0) is 21.0. The Morgan fingerprint density at radius 3 is 2.67 bits per heavy atom. The quantitative estimate of drug-likeness (QED) is 0.748. The first-order chi connectivity index (χ1) is 14.6. The van der Waals surface area contributed by atoms with E-state index in [1.807, 2.05) is 18.2 Å². The maximum Gasteiger partial charge on any atom is 0.165 e. The largest absolute Gasteiger partial charge is 0.494 e. The average molecular weight is 412 g/mol. The zero-order valence-corrected chi connectivity index (χ0v) is 16.9. The minimum atomic E-state index is -0.397. The molecule has 0 atom stereocenters. The van der Waals surface area contributed by atoms with Gasteiger partial charge in [-0.05, 0) is 29.8 Å². The van der Waals surface area contributed by atoms with Gasteiger partial charge in [0.25, 0.3) is 0 Å². The van der Waals surface area contributed by atoms with Crippen LogP contribution in [0.15, 0.2) is 36.5 Å². The van der Waals surface area contributed by atoms with Crippen molar-refractivity contribution in [1.29, 1.82) is 5.26 Å². The Labute approximate surface area is 175 Å². The van der Waals surface area contributed by atoms with Crippen molar-refractivity contribution in [1.82, 2.24) is 10.3 Å². The Bertz CT molecular complexity index is 902. The lowest BCUT2D eigenvalue weighted by Gasteiger charge is -2.46. The van der Waals surface area contributed by atoms with Crippen LogP contribution in [0.1, 0.15) is 17.7 Å². The number of nitriles is 1. The molecule has 1 spiro atoms. The number of rotatable bonds is 7. The van der Waals surface area contributed by atoms with Gasteiger partial charge in [-0.3, -0.25) is 0 Å². The molecule has 4 rings (SSSR count). The summed E-state index contributed by atoms with van der Waals surface area (Å²) in [5.41, 5.74) is 2.14. The molecule has 2 fully saturated rings. The van der Waals surface area contributed by atoms with Crippen LogP contribution in [0.3, 0.4) is 0 Å². The first-order valence-electron chi connectivity index (χ1n) is 9.98. The predicted molar refractivity (Wildman–Crippen MR) is 109 cm³/mol. The van der Waals surface area contributed by atoms with E-state index in [2.05, 4.69) is 15.2 Å². The summed E-state index contributed by atoms with van der Waals surface area (Å²) in [7, 11) is 1.45. The maximum atomic E-state index is 14.2. The third kappa shape index (κ3) is 4.54. The Morgan fingerprint density at radius 2 is 2.10 bits per heavy atom. The summed E-state index contributed by atoms with van der Waals surface area (Å²) >= 11 is 0. The van der Waals surface area contributed by atoms with Crippen LogP contribution in [0.2, 0.25) is 0 Å². The molecule has 2 aliphatic heterocycles. The summed E-state index contributed by atoms with van der Waals surface area (Å²) in [4.78, 5) is 6.25. The van der Waals surface area contributed by atoms with Crippen molar-refractivity contribution in [3.63, 3.8) is 0 Å². The molecule has 158 valence electrons. The molecule has 1 aromatic heterocycles. The van der Waals surface area contributed by atoms with E-state index in [0.29, 0.717) is 38.4 Å². The van der Waals surface area contributed by atoms with Crippen molar-refractivity contribution in [2.75, 3.05) is 44.9 Å². The van der Waals surface area contributed by atoms with E-state index in [4.69, 9.17) is 19.5 Å². The summed E-state index contributed by atoms with van der Waals surface area (Å²) < 4.78 is 31.0. The number of halogens is 1. The lowest BCUT2D eigenvalue weighted by Crippen LogP contribution is -2.61. The van der Waals surface area contributed by atoms with Gasteiger partial charge >= 0.3 is 0 Å². The molecule has 0 saturated carbocycles. The van der Waals surface area contributed by atoms with Crippen LogP contribution >= 0.6 is 0 Å². The van der Waals surface area contributed by atoms with Crippen LogP contribution in [-0.4, -0.2) is 51.2 Å². The number of hydrogen-bond donors (Lipinski definition) is 1. The first-order valence-corrected chi connectivity index (χ1v) is 9.98. The van der Waals surface area contributed by atoms with Gasteiger partial charge in [0, 0.05) is 38.0 Å². The predicted octanol–water partition coefficient (Wildman–Crippen LogP) is 2.46. The van der Waals surface area contributed by atoms with E-state index in [1.165, 1.54) is 13.2 Å². The van der Waals surface area contributed by atoms with E-state index in [-0.39, 0.29) is 17.5 Å². The molecule has 30 heavy (non-hydrogen) atoms. The molecule has 2 saturated heterocycles. The van der Waals surface area contributed by atoms with Crippen molar-refractivity contribution < 1.29 is 18.6 Å². The van der Waals surface area contributed by atoms with Crippen LogP contribution in [0.4, 0.5) is 10.1 Å². The molecular formula is C22H25FN4O3. The normalized spacial score (nSPS) is 17.9. The topological polar surface area (TPSA) is 79.6 Å². The standard InChI is InChI=1S/C22H25FN4O3/c1-28-20-5-2-16(8-19(20)23)11-27(18-4-3-17(9-24)26-10-18)7-6-21-29-14-22(15-30-21)12-25-13-22/h2-5,8,10,21,25H,6-7,11-15H2,1H3. The van der Waals surface area contributed by atoms with Crippen molar-refractivity contribution in [2.45, 2.75) is 19.3 Å². The van der Waals surface area contributed by atoms with Crippen molar-refractivity contribution in [3.05, 3.63) is 53.6 Å². The fraction of sp³-hybridized carbons (Fsp3) is 0.455. The van der Waals surface area contributed by atoms with Gasteiger partial charge in [0.15, 0.2) is 17.9 Å². The van der Waals surface area contributed by atoms with E-state index >= 15 is 0 Å². The molecule has 1 N–H and O–H groups in total. The fourth-order valence-electron chi connectivity index (χ4n) is 3.71. The molecule has 0 bridgehead atoms. The summed E-state index contributed by atoms with van der Waals surface area (Å²) in [6.45, 7) is 4.39. The number of hydrogen-bond acceptors (Lipinski definition) is 7. The number of ether oxygens (including phenoxy) is 3. The van der Waals surface area contributed by atoms with Crippen LogP contribution in [-0.2, 0) is 16.0 Å². The molecule has 2 aromatic rings. The van der Waals surface area contributed by atoms with Crippen LogP contribution in [0, 0.1) is 22.6 Å². The van der Waals surface area contributed by atoms with Gasteiger partial charge in [0.2, 0.25) is 0 Å². The van der Waals surface area contributed by atoms with Gasteiger partial charge in [0.1, 0.15) is 11.8 Å². The lowest BCUT2D eigenvalue weighted by atomic mass is 9.83. The highest BCUT2D eigenvalue weighted by molar-refractivity contribution is 5.47. The highest BCUT2D eigenvalue weighted by Gasteiger charge is 2.41. The van der Waals surface area contributed by atoms with Gasteiger partial charge in [0.05, 0.1) is 32.2 Å². The lowest BCUT2D eigenvalue weighted by molar-refractivity contribution is -0.239. The van der Waals surface area contributed by atoms with E-state index < -0.39 is 5.82 Å². The monoisotopic (exact) mass is 412 g/mol. The molecule has 2 aliphatic rings. The van der Waals surface area contributed by atoms with Crippen molar-refractivity contribution >= 4 is 5.69 Å². The smallest absolute Gasteiger partial charge is 0.165 e. The Kier molecular flexibility index (Phi) is 6.13. The third-order valence-electron chi connectivity index (χ3n) is 5.60. The van der Waals surface area contributed by atoms with Gasteiger partial charge in [-0.1, -0.05) is 6.07 Å². The second kappa shape index (κ2) is 8.96. The van der Waals surface area contributed by atoms with Crippen molar-refractivity contribution in [3.8, 4) is 11.8 Å². The number of nitrogens with one attached hydrogen (secondary N) is 1. The Morgan fingerprint density at radius 1 is 1.30 bits per heavy atom. The molecule has 8 heteroatoms. The van der Waals surface area contributed by atoms with E-state index in [9.17, 15) is 4.39 Å². The summed E-state index contributed by atoms with van der Waals surface area (Å²) in [5.74, 6) is -0.181. The number of pyridine rings is 1. The number of anilines is 1. The van der Waals surface area contributed by atoms with Gasteiger partial charge < -0.3 is 24.4 Å². The summed E-state index contributed by atoms with van der Waals surface area (Å²) in [6.07, 6.45) is 2.07. The minimum Gasteiger partial charge on any atom is -0.494 e. The van der Waals surface area contributed by atoms with Crippen LogP contribution < -0.4 is 15.0 Å². The number of nitrogens with zero attached hydrogens (tertiary/aromatic N) is 3. The fourth-order valence-corrected chi connectivity index (χ4v) is 3.71. The second-order valence-electron chi connectivity index (χ2n) is 7.85. The van der Waals surface area contributed by atoms with Gasteiger partial charge in [-0.25, -0.2) is 9.37 Å². The summed E-state index contributed by atoms with van der Waals surface area (Å²) in [6, 6.07) is 10.5. The van der Waals surface area contributed by atoms with Gasteiger partial charge in [-0.2, -0.15) is 5.26 Å². The SMILES string of the molecule is COc1ccc(CN(CCC2OCC3(CNC3)CO2)c2ccc(C#N)nc2)cc1F. The number of aromatic nitrogens is 1. The minimum absolute atomic E-state index is 0.133. The Balaban J connectivity index is 1.44. The highest BCUT2D eigenvalue weighted by Crippen LogP contribution is 2.30. The maximum absolute atomic E-state index is 14.2. The number of benzene rings is 1.